The molecule has 0 radical (unpaired) electrons. The molecule has 1 amide bonds. The molecule has 3 aromatic rings. The first-order chi connectivity index (χ1) is 11.7. The van der Waals surface area contributed by atoms with E-state index < -0.39 is 0 Å². The predicted molar refractivity (Wildman–Crippen MR) is 94.6 cm³/mol. The highest BCUT2D eigenvalue weighted by Crippen LogP contribution is 2.27. The van der Waals surface area contributed by atoms with Crippen LogP contribution < -0.4 is 11.3 Å². The molecule has 3 N–H and O–H groups in total. The van der Waals surface area contributed by atoms with Gasteiger partial charge in [-0.3, -0.25) is 14.8 Å². The number of thioether (sulfide) groups is 1. The third-order valence-corrected chi connectivity index (χ3v) is 4.38. The van der Waals surface area contributed by atoms with Crippen LogP contribution in [0.5, 0.6) is 0 Å². The maximum atomic E-state index is 11.4. The average Bonchev–Trinajstić information content (AvgIpc) is 3.05. The van der Waals surface area contributed by atoms with Gasteiger partial charge < -0.3 is 0 Å². The molecule has 0 saturated heterocycles. The molecule has 122 valence electrons. The van der Waals surface area contributed by atoms with Crippen LogP contribution in [0.15, 0.2) is 59.8 Å². The van der Waals surface area contributed by atoms with Crippen LogP contribution in [0.1, 0.15) is 5.56 Å². The zero-order valence-electron chi connectivity index (χ0n) is 13.1. The molecule has 7 heteroatoms. The predicted octanol–water partition coefficient (Wildman–Crippen LogP) is 2.32. The maximum Gasteiger partial charge on any atom is 0.244 e. The molecule has 0 atom stereocenters. The van der Waals surface area contributed by atoms with E-state index in [1.807, 2.05) is 66.1 Å². The van der Waals surface area contributed by atoms with Crippen molar-refractivity contribution < 1.29 is 4.79 Å². The lowest BCUT2D eigenvalue weighted by atomic mass is 10.2. The Morgan fingerprint density at radius 2 is 1.83 bits per heavy atom. The van der Waals surface area contributed by atoms with Crippen LogP contribution in [0, 0.1) is 6.92 Å². The fourth-order valence-corrected chi connectivity index (χ4v) is 3.00. The van der Waals surface area contributed by atoms with Gasteiger partial charge in [0.2, 0.25) is 5.91 Å². The second-order valence-corrected chi connectivity index (χ2v) is 6.14. The Bertz CT molecular complexity index is 830. The maximum absolute atomic E-state index is 11.4. The van der Waals surface area contributed by atoms with E-state index in [-0.39, 0.29) is 11.7 Å². The summed E-state index contributed by atoms with van der Waals surface area (Å²) in [6.07, 6.45) is 0. The van der Waals surface area contributed by atoms with E-state index in [0.717, 1.165) is 17.1 Å². The topological polar surface area (TPSA) is 85.8 Å². The van der Waals surface area contributed by atoms with Crippen molar-refractivity contribution in [1.82, 2.24) is 20.2 Å². The zero-order chi connectivity index (χ0) is 16.9. The van der Waals surface area contributed by atoms with E-state index in [1.165, 1.54) is 17.3 Å². The van der Waals surface area contributed by atoms with Gasteiger partial charge in [-0.15, -0.1) is 10.2 Å². The molecule has 6 nitrogen and oxygen atoms in total. The number of carbonyl (C=O) groups is 1. The Morgan fingerprint density at radius 1 is 1.12 bits per heavy atom. The first kappa shape index (κ1) is 16.2. The molecule has 0 aliphatic heterocycles. The number of hydrogen-bond acceptors (Lipinski definition) is 5. The van der Waals surface area contributed by atoms with E-state index >= 15 is 0 Å². The second kappa shape index (κ2) is 7.29. The van der Waals surface area contributed by atoms with E-state index in [9.17, 15) is 4.79 Å². The summed E-state index contributed by atoms with van der Waals surface area (Å²) in [5.41, 5.74) is 5.20. The minimum absolute atomic E-state index is 0.176. The fraction of sp³-hybridized carbons (Fsp3) is 0.118. The Balaban J connectivity index is 2.05. The zero-order valence-corrected chi connectivity index (χ0v) is 14.0. The smallest absolute Gasteiger partial charge is 0.244 e. The first-order valence-electron chi connectivity index (χ1n) is 7.39. The summed E-state index contributed by atoms with van der Waals surface area (Å²) < 4.78 is 1.95. The molecule has 24 heavy (non-hydrogen) atoms. The van der Waals surface area contributed by atoms with Crippen molar-refractivity contribution in [2.75, 3.05) is 5.75 Å². The third kappa shape index (κ3) is 3.47. The molecular formula is C17H17N5OS. The number of rotatable bonds is 5. The summed E-state index contributed by atoms with van der Waals surface area (Å²) in [4.78, 5) is 11.4. The number of hydrogen-bond donors (Lipinski definition) is 2. The summed E-state index contributed by atoms with van der Waals surface area (Å²) >= 11 is 1.29. The van der Waals surface area contributed by atoms with Crippen molar-refractivity contribution in [2.45, 2.75) is 12.1 Å². The molecule has 0 bridgehead atoms. The van der Waals surface area contributed by atoms with Crippen LogP contribution in [-0.2, 0) is 4.79 Å². The van der Waals surface area contributed by atoms with Crippen molar-refractivity contribution in [3.05, 3.63) is 60.2 Å². The Hall–Kier alpha value is -2.64. The van der Waals surface area contributed by atoms with E-state index in [2.05, 4.69) is 15.6 Å². The second-order valence-electron chi connectivity index (χ2n) is 5.20. The summed E-state index contributed by atoms with van der Waals surface area (Å²) in [6.45, 7) is 2.04. The van der Waals surface area contributed by atoms with Crippen LogP contribution in [0.2, 0.25) is 0 Å². The Kier molecular flexibility index (Phi) is 4.93. The highest BCUT2D eigenvalue weighted by atomic mass is 32.2. The van der Waals surface area contributed by atoms with Gasteiger partial charge in [0.1, 0.15) is 0 Å². The summed E-state index contributed by atoms with van der Waals surface area (Å²) in [7, 11) is 0. The highest BCUT2D eigenvalue weighted by Gasteiger charge is 2.16. The van der Waals surface area contributed by atoms with E-state index in [4.69, 9.17) is 5.84 Å². The summed E-state index contributed by atoms with van der Waals surface area (Å²) in [5.74, 6) is 5.79. The molecule has 1 heterocycles. The lowest BCUT2D eigenvalue weighted by Gasteiger charge is -2.10. The van der Waals surface area contributed by atoms with Crippen molar-refractivity contribution in [2.24, 2.45) is 5.84 Å². The van der Waals surface area contributed by atoms with Gasteiger partial charge in [-0.05, 0) is 19.1 Å². The number of nitrogens with zero attached hydrogens (tertiary/aromatic N) is 3. The monoisotopic (exact) mass is 339 g/mol. The number of nitrogens with one attached hydrogen (secondary N) is 1. The third-order valence-electron chi connectivity index (χ3n) is 3.45. The van der Waals surface area contributed by atoms with Crippen molar-refractivity contribution in [3.8, 4) is 17.1 Å². The molecule has 0 saturated carbocycles. The molecule has 0 aliphatic rings. The molecule has 0 spiro atoms. The van der Waals surface area contributed by atoms with E-state index in [0.29, 0.717) is 5.16 Å². The van der Waals surface area contributed by atoms with Crippen LogP contribution >= 0.6 is 11.8 Å². The van der Waals surface area contributed by atoms with Gasteiger partial charge in [-0.1, -0.05) is 59.8 Å². The molecular weight excluding hydrogens is 322 g/mol. The van der Waals surface area contributed by atoms with Crippen LogP contribution in [-0.4, -0.2) is 26.4 Å². The first-order valence-corrected chi connectivity index (χ1v) is 8.37. The summed E-state index contributed by atoms with van der Waals surface area (Å²) in [5, 5.41) is 9.21. The minimum Gasteiger partial charge on any atom is -0.294 e. The van der Waals surface area contributed by atoms with Gasteiger partial charge in [0.15, 0.2) is 11.0 Å². The van der Waals surface area contributed by atoms with Gasteiger partial charge in [0.05, 0.1) is 5.75 Å². The van der Waals surface area contributed by atoms with Crippen LogP contribution in [0.3, 0.4) is 0 Å². The van der Waals surface area contributed by atoms with E-state index in [1.54, 1.807) is 0 Å². The fourth-order valence-electron chi connectivity index (χ4n) is 2.24. The molecule has 0 aliphatic carbocycles. The quantitative estimate of drug-likeness (QED) is 0.322. The average molecular weight is 339 g/mol. The molecule has 0 unspecified atom stereocenters. The molecule has 3 rings (SSSR count). The molecule has 1 aromatic heterocycles. The van der Waals surface area contributed by atoms with Crippen molar-refractivity contribution in [1.29, 1.82) is 0 Å². The number of benzene rings is 2. The number of aryl methyl sites for hydroxylation is 1. The number of amides is 1. The van der Waals surface area contributed by atoms with Crippen LogP contribution in [0.25, 0.3) is 17.1 Å². The molecule has 2 aromatic carbocycles. The number of aromatic nitrogens is 3. The minimum atomic E-state index is -0.264. The number of carbonyl (C=O) groups excluding carboxylic acids is 1. The summed E-state index contributed by atoms with van der Waals surface area (Å²) in [6, 6.07) is 17.9. The van der Waals surface area contributed by atoms with Gasteiger partial charge in [0.25, 0.3) is 0 Å². The largest absolute Gasteiger partial charge is 0.294 e. The Labute approximate surface area is 144 Å². The number of hydrazine groups is 1. The lowest BCUT2D eigenvalue weighted by molar-refractivity contribution is -0.118. The van der Waals surface area contributed by atoms with Crippen LogP contribution in [0.4, 0.5) is 0 Å². The van der Waals surface area contributed by atoms with Gasteiger partial charge >= 0.3 is 0 Å². The highest BCUT2D eigenvalue weighted by molar-refractivity contribution is 7.99. The van der Waals surface area contributed by atoms with Gasteiger partial charge in [0, 0.05) is 11.3 Å². The van der Waals surface area contributed by atoms with Gasteiger partial charge in [-0.2, -0.15) is 0 Å². The standard InChI is InChI=1S/C17H17N5OS/c1-12-7-9-14(10-8-12)22-16(13-5-3-2-4-6-13)20-21-17(22)24-11-15(23)19-18/h2-10H,11,18H2,1H3,(H,19,23). The van der Waals surface area contributed by atoms with Crippen molar-refractivity contribution >= 4 is 17.7 Å². The van der Waals surface area contributed by atoms with Gasteiger partial charge in [-0.25, -0.2) is 5.84 Å². The SMILES string of the molecule is Cc1ccc(-n2c(SCC(=O)NN)nnc2-c2ccccc2)cc1. The normalized spacial score (nSPS) is 10.6. The molecule has 0 fully saturated rings. The Morgan fingerprint density at radius 3 is 2.50 bits per heavy atom. The number of nitrogens with two attached hydrogens (primary N) is 1. The lowest BCUT2D eigenvalue weighted by Crippen LogP contribution is -2.31. The van der Waals surface area contributed by atoms with Crippen molar-refractivity contribution in [3.63, 3.8) is 0 Å².